The number of halogens is 2. The highest BCUT2D eigenvalue weighted by Gasteiger charge is 2.28. The number of hydrogen-bond donors (Lipinski definition) is 1. The zero-order chi connectivity index (χ0) is 22.0. The number of fused-ring (bicyclic) bond motifs is 1. The molecule has 0 aromatic heterocycles. The van der Waals surface area contributed by atoms with Gasteiger partial charge in [-0.1, -0.05) is 36.4 Å². The first-order valence-electron chi connectivity index (χ1n) is 10.3. The lowest BCUT2D eigenvalue weighted by atomic mass is 10.0. The van der Waals surface area contributed by atoms with E-state index in [1.54, 1.807) is 0 Å². The minimum absolute atomic E-state index is 0.168. The molecule has 160 valence electrons. The van der Waals surface area contributed by atoms with Crippen molar-refractivity contribution in [3.05, 3.63) is 95.1 Å². The Balaban J connectivity index is 1.62. The van der Waals surface area contributed by atoms with Gasteiger partial charge < -0.3 is 15.1 Å². The van der Waals surface area contributed by atoms with E-state index in [1.165, 1.54) is 11.6 Å². The molecule has 0 spiro atoms. The van der Waals surface area contributed by atoms with Crippen molar-refractivity contribution in [2.45, 2.75) is 12.5 Å². The first-order valence-corrected chi connectivity index (χ1v) is 10.3. The summed E-state index contributed by atoms with van der Waals surface area (Å²) >= 11 is 0. The molecule has 0 saturated heterocycles. The van der Waals surface area contributed by atoms with Crippen molar-refractivity contribution in [2.75, 3.05) is 37.0 Å². The van der Waals surface area contributed by atoms with Gasteiger partial charge in [-0.2, -0.15) is 0 Å². The lowest BCUT2D eigenvalue weighted by Crippen LogP contribution is -2.38. The number of amides is 1. The Labute approximate surface area is 181 Å². The van der Waals surface area contributed by atoms with Gasteiger partial charge in [-0.3, -0.25) is 4.79 Å². The van der Waals surface area contributed by atoms with Crippen LogP contribution in [0.3, 0.4) is 0 Å². The predicted octanol–water partition coefficient (Wildman–Crippen LogP) is 4.56. The lowest BCUT2D eigenvalue weighted by molar-refractivity contribution is 0.0942. The first kappa shape index (κ1) is 20.8. The van der Waals surface area contributed by atoms with Gasteiger partial charge in [-0.25, -0.2) is 8.78 Å². The quantitative estimate of drug-likeness (QED) is 0.634. The Morgan fingerprint density at radius 2 is 1.68 bits per heavy atom. The summed E-state index contributed by atoms with van der Waals surface area (Å²) in [7, 11) is 3.96. The van der Waals surface area contributed by atoms with Crippen molar-refractivity contribution in [2.24, 2.45) is 0 Å². The summed E-state index contributed by atoms with van der Waals surface area (Å²) in [5.41, 5.74) is 3.92. The summed E-state index contributed by atoms with van der Waals surface area (Å²) in [6.45, 7) is 1.03. The van der Waals surface area contributed by atoms with Crippen LogP contribution in [0.5, 0.6) is 0 Å². The molecule has 0 bridgehead atoms. The van der Waals surface area contributed by atoms with Crippen molar-refractivity contribution in [3.63, 3.8) is 0 Å². The number of anilines is 2. The third-order valence-electron chi connectivity index (χ3n) is 5.74. The van der Waals surface area contributed by atoms with Gasteiger partial charge in [0.2, 0.25) is 0 Å². The molecule has 1 aliphatic heterocycles. The lowest BCUT2D eigenvalue weighted by Gasteiger charge is -2.31. The van der Waals surface area contributed by atoms with Crippen LogP contribution in [-0.4, -0.2) is 33.1 Å². The molecule has 4 nitrogen and oxygen atoms in total. The molecule has 1 atom stereocenters. The summed E-state index contributed by atoms with van der Waals surface area (Å²) < 4.78 is 28.1. The fourth-order valence-corrected chi connectivity index (χ4v) is 4.08. The van der Waals surface area contributed by atoms with E-state index in [2.05, 4.69) is 22.3 Å². The Morgan fingerprint density at radius 3 is 2.35 bits per heavy atom. The highest BCUT2D eigenvalue weighted by molar-refractivity contribution is 5.94. The molecule has 3 aromatic rings. The van der Waals surface area contributed by atoms with Gasteiger partial charge in [0.25, 0.3) is 5.91 Å². The summed E-state index contributed by atoms with van der Waals surface area (Å²) in [5.74, 6) is -2.48. The largest absolute Gasteiger partial charge is 0.378 e. The summed E-state index contributed by atoms with van der Waals surface area (Å²) in [5, 5.41) is 2.75. The normalized spacial score (nSPS) is 13.6. The van der Waals surface area contributed by atoms with Crippen LogP contribution in [0.1, 0.15) is 27.5 Å². The molecule has 0 aliphatic carbocycles. The molecule has 1 heterocycles. The Bertz CT molecular complexity index is 1060. The van der Waals surface area contributed by atoms with Crippen LogP contribution in [0.4, 0.5) is 20.2 Å². The van der Waals surface area contributed by atoms with E-state index in [9.17, 15) is 13.6 Å². The maximum atomic E-state index is 14.1. The summed E-state index contributed by atoms with van der Waals surface area (Å²) in [6, 6.07) is 19.6. The second-order valence-corrected chi connectivity index (χ2v) is 7.88. The van der Waals surface area contributed by atoms with Crippen LogP contribution >= 0.6 is 0 Å². The van der Waals surface area contributed by atoms with Crippen molar-refractivity contribution in [1.82, 2.24) is 5.32 Å². The maximum Gasteiger partial charge on any atom is 0.257 e. The minimum atomic E-state index is -0.865. The Hall–Kier alpha value is -3.41. The molecule has 4 rings (SSSR count). The van der Waals surface area contributed by atoms with E-state index >= 15 is 0 Å². The van der Waals surface area contributed by atoms with Crippen molar-refractivity contribution in [3.8, 4) is 0 Å². The van der Waals surface area contributed by atoms with Gasteiger partial charge in [0, 0.05) is 38.6 Å². The van der Waals surface area contributed by atoms with Gasteiger partial charge in [0.05, 0.1) is 6.04 Å². The molecule has 1 aliphatic rings. The Morgan fingerprint density at radius 1 is 1.00 bits per heavy atom. The van der Waals surface area contributed by atoms with Gasteiger partial charge >= 0.3 is 0 Å². The van der Waals surface area contributed by atoms with E-state index in [1.807, 2.05) is 55.4 Å². The van der Waals surface area contributed by atoms with Gasteiger partial charge in [-0.15, -0.1) is 0 Å². The molecule has 31 heavy (non-hydrogen) atoms. The van der Waals surface area contributed by atoms with E-state index in [0.717, 1.165) is 42.0 Å². The highest BCUT2D eigenvalue weighted by atomic mass is 19.1. The van der Waals surface area contributed by atoms with Gasteiger partial charge in [0.1, 0.15) is 17.2 Å². The third kappa shape index (κ3) is 4.24. The van der Waals surface area contributed by atoms with Crippen LogP contribution in [0.2, 0.25) is 0 Å². The minimum Gasteiger partial charge on any atom is -0.378 e. The molecule has 0 fully saturated rings. The van der Waals surface area contributed by atoms with Crippen LogP contribution in [0.15, 0.2) is 66.7 Å². The predicted molar refractivity (Wildman–Crippen MR) is 120 cm³/mol. The number of nitrogens with zero attached hydrogens (tertiary/aromatic N) is 2. The number of rotatable bonds is 6. The highest BCUT2D eigenvalue weighted by Crippen LogP contribution is 2.35. The van der Waals surface area contributed by atoms with Crippen LogP contribution in [0, 0.1) is 11.6 Å². The second-order valence-electron chi connectivity index (χ2n) is 7.88. The molecule has 1 amide bonds. The number of nitrogens with one attached hydrogen (secondary N) is 1. The molecule has 0 unspecified atom stereocenters. The third-order valence-corrected chi connectivity index (χ3v) is 5.74. The van der Waals surface area contributed by atoms with Gasteiger partial charge in [0.15, 0.2) is 0 Å². The average Bonchev–Trinajstić information content (AvgIpc) is 3.18. The fraction of sp³-hybridized carbons (Fsp3) is 0.240. The summed E-state index contributed by atoms with van der Waals surface area (Å²) in [6.07, 6.45) is 0.915. The molecule has 6 heteroatoms. The molecule has 3 aromatic carbocycles. The van der Waals surface area contributed by atoms with E-state index < -0.39 is 23.1 Å². The summed E-state index contributed by atoms with van der Waals surface area (Å²) in [4.78, 5) is 16.9. The van der Waals surface area contributed by atoms with Crippen LogP contribution < -0.4 is 15.1 Å². The van der Waals surface area contributed by atoms with E-state index in [4.69, 9.17) is 0 Å². The SMILES string of the molecule is CN(C)c1ccc([C@@H](CNC(=O)c2c(F)cccc2F)N2CCc3ccccc32)cc1. The zero-order valence-electron chi connectivity index (χ0n) is 17.6. The standard InChI is InChI=1S/C25H25F2N3O/c1-29(2)19-12-10-18(11-13-19)23(30-15-14-17-6-3-4-9-22(17)30)16-28-25(31)24-20(26)7-5-8-21(24)27/h3-13,23H,14-16H2,1-2H3,(H,28,31)/t23-/m1/s1. The number of carbonyl (C=O) groups is 1. The molecule has 1 N–H and O–H groups in total. The smallest absolute Gasteiger partial charge is 0.257 e. The first-order chi connectivity index (χ1) is 15.0. The number of hydrogen-bond acceptors (Lipinski definition) is 3. The second kappa shape index (κ2) is 8.76. The van der Waals surface area contributed by atoms with Crippen LogP contribution in [0.25, 0.3) is 0 Å². The fourth-order valence-electron chi connectivity index (χ4n) is 4.08. The zero-order valence-corrected chi connectivity index (χ0v) is 17.6. The van der Waals surface area contributed by atoms with Crippen LogP contribution in [-0.2, 0) is 6.42 Å². The van der Waals surface area contributed by atoms with E-state index in [0.29, 0.717) is 0 Å². The van der Waals surface area contributed by atoms with Crippen molar-refractivity contribution in [1.29, 1.82) is 0 Å². The Kier molecular flexibility index (Phi) is 5.89. The number of para-hydroxylation sites is 1. The maximum absolute atomic E-state index is 14.1. The monoisotopic (exact) mass is 421 g/mol. The van der Waals surface area contributed by atoms with E-state index in [-0.39, 0.29) is 12.6 Å². The topological polar surface area (TPSA) is 35.6 Å². The van der Waals surface area contributed by atoms with Gasteiger partial charge in [-0.05, 0) is 47.9 Å². The van der Waals surface area contributed by atoms with Crippen molar-refractivity contribution < 1.29 is 13.6 Å². The molecular formula is C25H25F2N3O. The number of benzene rings is 3. The molecule has 0 saturated carbocycles. The van der Waals surface area contributed by atoms with Crippen molar-refractivity contribution >= 4 is 17.3 Å². The molecular weight excluding hydrogens is 396 g/mol. The molecule has 0 radical (unpaired) electrons. The average molecular weight is 421 g/mol. The number of carbonyl (C=O) groups excluding carboxylic acids is 1.